The monoisotopic (exact) mass is 581 g/mol. The summed E-state index contributed by atoms with van der Waals surface area (Å²) in [5.74, 6) is -9.85. The lowest BCUT2D eigenvalue weighted by Crippen LogP contribution is -2.47. The molecule has 2 heterocycles. The van der Waals surface area contributed by atoms with Crippen molar-refractivity contribution < 1.29 is 31.2 Å². The Labute approximate surface area is 229 Å². The molecule has 4 aromatic rings. The van der Waals surface area contributed by atoms with Gasteiger partial charge in [0.15, 0.2) is 29.0 Å². The molecule has 0 aliphatic carbocycles. The van der Waals surface area contributed by atoms with Gasteiger partial charge in [-0.15, -0.1) is 0 Å². The van der Waals surface area contributed by atoms with Crippen LogP contribution in [0.15, 0.2) is 59.0 Å². The fraction of sp³-hybridized carbons (Fsp3) is 0.148. The molecule has 0 radical (unpaired) electrons. The van der Waals surface area contributed by atoms with E-state index in [1.165, 1.54) is 6.07 Å². The first-order chi connectivity index (χ1) is 18.7. The average Bonchev–Trinajstić information content (AvgIpc) is 3.44. The molecule has 1 aliphatic heterocycles. The Kier molecular flexibility index (Phi) is 7.42. The van der Waals surface area contributed by atoms with Gasteiger partial charge in [-0.2, -0.15) is 0 Å². The van der Waals surface area contributed by atoms with E-state index in [1.807, 2.05) is 4.90 Å². The van der Waals surface area contributed by atoms with Crippen LogP contribution in [-0.2, 0) is 0 Å². The number of anilines is 3. The zero-order valence-corrected chi connectivity index (χ0v) is 21.4. The smallest absolute Gasteiger partial charge is 0.291 e. The molecule has 1 aliphatic rings. The summed E-state index contributed by atoms with van der Waals surface area (Å²) >= 11 is 12.3. The molecule has 3 aromatic carbocycles. The Morgan fingerprint density at radius 1 is 0.744 bits per heavy atom. The third kappa shape index (κ3) is 5.14. The van der Waals surface area contributed by atoms with Gasteiger partial charge in [-0.3, -0.25) is 4.79 Å². The second kappa shape index (κ2) is 10.8. The summed E-state index contributed by atoms with van der Waals surface area (Å²) in [6.45, 7) is 0.613. The highest BCUT2D eigenvalue weighted by Gasteiger charge is 2.30. The molecule has 0 bridgehead atoms. The van der Waals surface area contributed by atoms with E-state index in [2.05, 4.69) is 5.32 Å². The summed E-state index contributed by atoms with van der Waals surface area (Å²) in [5.41, 5.74) is 0.860. The maximum absolute atomic E-state index is 14.2. The van der Waals surface area contributed by atoms with Crippen LogP contribution in [0.25, 0.3) is 11.3 Å². The Morgan fingerprint density at radius 3 is 1.97 bits per heavy atom. The maximum atomic E-state index is 14.2. The lowest BCUT2D eigenvalue weighted by Gasteiger charge is -2.37. The van der Waals surface area contributed by atoms with Crippen molar-refractivity contribution in [3.05, 3.63) is 99.5 Å². The molecule has 0 saturated carbocycles. The summed E-state index contributed by atoms with van der Waals surface area (Å²) in [4.78, 5) is 15.7. The third-order valence-electron chi connectivity index (χ3n) is 6.32. The Hall–Kier alpha value is -3.76. The van der Waals surface area contributed by atoms with Crippen molar-refractivity contribution >= 4 is 46.2 Å². The predicted octanol–water partition coefficient (Wildman–Crippen LogP) is 7.53. The second-order valence-electron chi connectivity index (χ2n) is 8.66. The molecule has 0 unspecified atom stereocenters. The number of carbonyl (C=O) groups is 1. The summed E-state index contributed by atoms with van der Waals surface area (Å²) in [7, 11) is 0. The van der Waals surface area contributed by atoms with Crippen molar-refractivity contribution in [1.82, 2.24) is 0 Å². The van der Waals surface area contributed by atoms with E-state index in [4.69, 9.17) is 27.6 Å². The summed E-state index contributed by atoms with van der Waals surface area (Å²) in [6, 6.07) is 15.0. The average molecular weight is 582 g/mol. The van der Waals surface area contributed by atoms with Gasteiger partial charge in [0.2, 0.25) is 5.82 Å². The quantitative estimate of drug-likeness (QED) is 0.150. The van der Waals surface area contributed by atoms with E-state index >= 15 is 0 Å². The van der Waals surface area contributed by atoms with E-state index in [1.54, 1.807) is 48.5 Å². The van der Waals surface area contributed by atoms with E-state index < -0.39 is 40.7 Å². The first-order valence-electron chi connectivity index (χ1n) is 11.6. The van der Waals surface area contributed by atoms with Crippen LogP contribution in [0, 0.1) is 29.1 Å². The van der Waals surface area contributed by atoms with Gasteiger partial charge in [-0.25, -0.2) is 22.0 Å². The van der Waals surface area contributed by atoms with E-state index in [0.29, 0.717) is 27.1 Å². The first kappa shape index (κ1) is 26.8. The molecular weight excluding hydrogens is 564 g/mol. The zero-order chi connectivity index (χ0) is 27.8. The van der Waals surface area contributed by atoms with Crippen LogP contribution in [0.4, 0.5) is 39.0 Å². The second-order valence-corrected chi connectivity index (χ2v) is 9.44. The molecule has 1 saturated heterocycles. The molecule has 1 fully saturated rings. The van der Waals surface area contributed by atoms with E-state index in [-0.39, 0.29) is 31.9 Å². The zero-order valence-electron chi connectivity index (χ0n) is 19.9. The van der Waals surface area contributed by atoms with Gasteiger partial charge in [0.05, 0.1) is 10.0 Å². The summed E-state index contributed by atoms with van der Waals surface area (Å²) in [6.07, 6.45) is 0. The minimum Gasteiger partial charge on any atom is -0.451 e. The van der Waals surface area contributed by atoms with Crippen molar-refractivity contribution in [3.63, 3.8) is 0 Å². The largest absolute Gasteiger partial charge is 0.451 e. The van der Waals surface area contributed by atoms with Crippen LogP contribution in [0.2, 0.25) is 10.0 Å². The highest BCUT2D eigenvalue weighted by atomic mass is 35.5. The van der Waals surface area contributed by atoms with E-state index in [9.17, 15) is 26.7 Å². The predicted molar refractivity (Wildman–Crippen MR) is 139 cm³/mol. The van der Waals surface area contributed by atoms with Crippen LogP contribution >= 0.6 is 23.2 Å². The minimum absolute atomic E-state index is 0.0360. The molecule has 5 rings (SSSR count). The number of hydrogen-bond acceptors (Lipinski definition) is 4. The van der Waals surface area contributed by atoms with Crippen molar-refractivity contribution in [2.75, 3.05) is 41.3 Å². The number of amides is 1. The number of piperazine rings is 1. The third-order valence-corrected chi connectivity index (χ3v) is 7.14. The topological polar surface area (TPSA) is 48.7 Å². The van der Waals surface area contributed by atoms with Gasteiger partial charge in [-0.1, -0.05) is 29.3 Å². The van der Waals surface area contributed by atoms with Crippen LogP contribution < -0.4 is 15.1 Å². The summed E-state index contributed by atoms with van der Waals surface area (Å²) < 4.78 is 74.6. The normalized spacial score (nSPS) is 13.6. The molecule has 39 heavy (non-hydrogen) atoms. The standard InChI is InChI=1S/C27H18Cl2F5N3O2/c28-17-3-1-2-16(20(17)29)18-8-9-19(39-18)27(38)35-14-4-6-15(7-5-14)36-10-12-37(13-11-36)26-24(33)22(31)21(30)23(32)25(26)34/h1-9H,10-13H2,(H,35,38). The number of benzene rings is 3. The number of furan rings is 1. The molecule has 1 N–H and O–H groups in total. The number of carbonyl (C=O) groups excluding carboxylic acids is 1. The van der Waals surface area contributed by atoms with Crippen molar-refractivity contribution in [2.24, 2.45) is 0 Å². The maximum Gasteiger partial charge on any atom is 0.291 e. The molecule has 1 amide bonds. The minimum atomic E-state index is -2.18. The fourth-order valence-corrected chi connectivity index (χ4v) is 4.70. The van der Waals surface area contributed by atoms with Gasteiger partial charge in [0.1, 0.15) is 11.4 Å². The van der Waals surface area contributed by atoms with E-state index in [0.717, 1.165) is 10.6 Å². The van der Waals surface area contributed by atoms with Gasteiger partial charge < -0.3 is 19.5 Å². The van der Waals surface area contributed by atoms with Gasteiger partial charge in [0, 0.05) is 43.1 Å². The molecule has 202 valence electrons. The highest BCUT2D eigenvalue weighted by Crippen LogP contribution is 2.35. The molecule has 0 atom stereocenters. The lowest BCUT2D eigenvalue weighted by molar-refractivity contribution is 0.0997. The molecule has 12 heteroatoms. The van der Waals surface area contributed by atoms with Crippen LogP contribution in [0.5, 0.6) is 0 Å². The molecule has 0 spiro atoms. The van der Waals surface area contributed by atoms with Crippen LogP contribution in [-0.4, -0.2) is 32.1 Å². The highest BCUT2D eigenvalue weighted by molar-refractivity contribution is 6.43. The van der Waals surface area contributed by atoms with Crippen molar-refractivity contribution in [2.45, 2.75) is 0 Å². The first-order valence-corrected chi connectivity index (χ1v) is 12.4. The van der Waals surface area contributed by atoms with Crippen molar-refractivity contribution in [3.8, 4) is 11.3 Å². The lowest BCUT2D eigenvalue weighted by atomic mass is 10.2. The number of hydrogen-bond donors (Lipinski definition) is 1. The van der Waals surface area contributed by atoms with Crippen LogP contribution in [0.1, 0.15) is 10.6 Å². The Balaban J connectivity index is 1.22. The van der Waals surface area contributed by atoms with Gasteiger partial charge in [0.25, 0.3) is 5.91 Å². The molecular formula is C27H18Cl2F5N3O2. The SMILES string of the molecule is O=C(Nc1ccc(N2CCN(c3c(F)c(F)c(F)c(F)c3F)CC2)cc1)c1ccc(-c2cccc(Cl)c2Cl)o1. The van der Waals surface area contributed by atoms with Gasteiger partial charge in [-0.05, 0) is 48.5 Å². The molecule has 5 nitrogen and oxygen atoms in total. The van der Waals surface area contributed by atoms with Crippen LogP contribution in [0.3, 0.4) is 0 Å². The number of rotatable bonds is 5. The number of halogens is 7. The summed E-state index contributed by atoms with van der Waals surface area (Å²) in [5, 5.41) is 3.40. The van der Waals surface area contributed by atoms with Gasteiger partial charge >= 0.3 is 0 Å². The molecule has 1 aromatic heterocycles. The fourth-order valence-electron chi connectivity index (χ4n) is 4.31. The number of nitrogens with one attached hydrogen (secondary N) is 1. The van der Waals surface area contributed by atoms with Crippen molar-refractivity contribution in [1.29, 1.82) is 0 Å². The Bertz CT molecular complexity index is 1530. The number of nitrogens with zero attached hydrogens (tertiary/aromatic N) is 2. The Morgan fingerprint density at radius 2 is 1.33 bits per heavy atom.